The summed E-state index contributed by atoms with van der Waals surface area (Å²) in [6, 6.07) is 13.1. The molecule has 0 aliphatic carbocycles. The lowest BCUT2D eigenvalue weighted by Crippen LogP contribution is -2.10. The smallest absolute Gasteiger partial charge is 0.0227 e. The van der Waals surface area contributed by atoms with Crippen LogP contribution in [0, 0.1) is 6.92 Å². The fourth-order valence-electron chi connectivity index (χ4n) is 2.04. The molecule has 0 aromatic heterocycles. The second-order valence-electron chi connectivity index (χ2n) is 4.37. The highest BCUT2D eigenvalue weighted by Gasteiger charge is 2.01. The summed E-state index contributed by atoms with van der Waals surface area (Å²) in [6.45, 7) is 3.19. The van der Waals surface area contributed by atoms with Gasteiger partial charge in [-0.25, -0.2) is 0 Å². The fraction of sp³-hybridized carbons (Fsp3) is 0.286. The number of hydrogen-bond donors (Lipinski definition) is 0. The first kappa shape index (κ1) is 10.2. The molecule has 0 amide bonds. The number of nitrogens with zero attached hydrogens (tertiary/aromatic N) is 1. The first-order valence-electron chi connectivity index (χ1n) is 5.30. The summed E-state index contributed by atoms with van der Waals surface area (Å²) in [5.74, 6) is 0. The summed E-state index contributed by atoms with van der Waals surface area (Å²) in [4.78, 5) is 2.20. The molecule has 1 nitrogen and oxygen atoms in total. The Bertz CT molecular complexity index is 472. The minimum Gasteiger partial charge on any atom is -0.305 e. The molecule has 0 radical (unpaired) electrons. The maximum atomic E-state index is 2.28. The second kappa shape index (κ2) is 4.03. The molecule has 0 bridgehead atoms. The van der Waals surface area contributed by atoms with E-state index in [-0.39, 0.29) is 0 Å². The maximum Gasteiger partial charge on any atom is 0.0227 e. The van der Waals surface area contributed by atoms with Crippen LogP contribution in [0.3, 0.4) is 0 Å². The monoisotopic (exact) mass is 199 g/mol. The summed E-state index contributed by atoms with van der Waals surface area (Å²) >= 11 is 0. The molecule has 2 aromatic rings. The normalized spacial score (nSPS) is 11.2. The van der Waals surface area contributed by atoms with Crippen LogP contribution < -0.4 is 0 Å². The zero-order chi connectivity index (χ0) is 10.8. The molecule has 0 saturated carbocycles. The summed E-state index contributed by atoms with van der Waals surface area (Å²) in [5, 5.41) is 2.70. The van der Waals surface area contributed by atoms with Crippen molar-refractivity contribution in [1.82, 2.24) is 4.90 Å². The van der Waals surface area contributed by atoms with Gasteiger partial charge in [0.15, 0.2) is 0 Å². The van der Waals surface area contributed by atoms with Gasteiger partial charge in [0, 0.05) is 6.54 Å². The van der Waals surface area contributed by atoms with E-state index in [9.17, 15) is 0 Å². The summed E-state index contributed by atoms with van der Waals surface area (Å²) in [7, 11) is 4.20. The molecule has 0 N–H and O–H groups in total. The van der Waals surface area contributed by atoms with Crippen molar-refractivity contribution in [3.8, 4) is 0 Å². The topological polar surface area (TPSA) is 3.24 Å². The highest BCUT2D eigenvalue weighted by Crippen LogP contribution is 2.20. The van der Waals surface area contributed by atoms with E-state index >= 15 is 0 Å². The van der Waals surface area contributed by atoms with Gasteiger partial charge in [-0.15, -0.1) is 0 Å². The van der Waals surface area contributed by atoms with E-state index in [1.807, 2.05) is 0 Å². The van der Waals surface area contributed by atoms with Gasteiger partial charge in [-0.3, -0.25) is 0 Å². The molecule has 0 heterocycles. The fourth-order valence-corrected chi connectivity index (χ4v) is 2.04. The van der Waals surface area contributed by atoms with Gasteiger partial charge in [0.1, 0.15) is 0 Å². The second-order valence-corrected chi connectivity index (χ2v) is 4.37. The average molecular weight is 199 g/mol. The molecule has 1 heteroatoms. The third-order valence-corrected chi connectivity index (χ3v) is 2.63. The summed E-state index contributed by atoms with van der Waals surface area (Å²) in [5.41, 5.74) is 2.75. The predicted molar refractivity (Wildman–Crippen MR) is 66.1 cm³/mol. The van der Waals surface area contributed by atoms with Crippen molar-refractivity contribution in [2.24, 2.45) is 0 Å². The Morgan fingerprint density at radius 1 is 1.07 bits per heavy atom. The molecule has 0 aliphatic heterocycles. The van der Waals surface area contributed by atoms with Crippen molar-refractivity contribution in [1.29, 1.82) is 0 Å². The highest BCUT2D eigenvalue weighted by molar-refractivity contribution is 5.86. The first-order chi connectivity index (χ1) is 7.16. The SMILES string of the molecule is Cc1cc(CN(C)C)cc2ccccc12. The van der Waals surface area contributed by atoms with Crippen molar-refractivity contribution in [3.05, 3.63) is 47.5 Å². The van der Waals surface area contributed by atoms with Crippen molar-refractivity contribution in [2.45, 2.75) is 13.5 Å². The van der Waals surface area contributed by atoms with Crippen LogP contribution in [0.1, 0.15) is 11.1 Å². The van der Waals surface area contributed by atoms with E-state index < -0.39 is 0 Å². The third-order valence-electron chi connectivity index (χ3n) is 2.63. The molecular weight excluding hydrogens is 182 g/mol. The zero-order valence-electron chi connectivity index (χ0n) is 9.62. The molecule has 2 rings (SSSR count). The Hall–Kier alpha value is -1.34. The lowest BCUT2D eigenvalue weighted by atomic mass is 10.0. The van der Waals surface area contributed by atoms with Gasteiger partial charge in [0.2, 0.25) is 0 Å². The van der Waals surface area contributed by atoms with E-state index in [4.69, 9.17) is 0 Å². The van der Waals surface area contributed by atoms with E-state index in [1.54, 1.807) is 0 Å². The molecule has 15 heavy (non-hydrogen) atoms. The Balaban J connectivity index is 2.52. The van der Waals surface area contributed by atoms with E-state index in [1.165, 1.54) is 21.9 Å². The molecule has 0 aliphatic rings. The van der Waals surface area contributed by atoms with Crippen molar-refractivity contribution >= 4 is 10.8 Å². The maximum absolute atomic E-state index is 2.28. The lowest BCUT2D eigenvalue weighted by Gasteiger charge is -2.12. The predicted octanol–water partition coefficient (Wildman–Crippen LogP) is 3.21. The van der Waals surface area contributed by atoms with Gasteiger partial charge >= 0.3 is 0 Å². The molecule has 78 valence electrons. The van der Waals surface area contributed by atoms with Crippen molar-refractivity contribution in [3.63, 3.8) is 0 Å². The van der Waals surface area contributed by atoms with Gasteiger partial charge in [0.25, 0.3) is 0 Å². The Morgan fingerprint density at radius 3 is 2.53 bits per heavy atom. The van der Waals surface area contributed by atoms with Crippen LogP contribution in [-0.2, 0) is 6.54 Å². The minimum absolute atomic E-state index is 1.01. The molecule has 0 saturated heterocycles. The summed E-state index contributed by atoms with van der Waals surface area (Å²) < 4.78 is 0. The average Bonchev–Trinajstić information content (AvgIpc) is 2.16. The summed E-state index contributed by atoms with van der Waals surface area (Å²) in [6.07, 6.45) is 0. The number of benzene rings is 2. The molecule has 0 unspecified atom stereocenters. The van der Waals surface area contributed by atoms with Crippen LogP contribution in [0.4, 0.5) is 0 Å². The Morgan fingerprint density at radius 2 is 1.80 bits per heavy atom. The van der Waals surface area contributed by atoms with Crippen LogP contribution >= 0.6 is 0 Å². The Kier molecular flexibility index (Phi) is 2.74. The Labute approximate surface area is 91.3 Å². The molecule has 2 aromatic carbocycles. The van der Waals surface area contributed by atoms with Gasteiger partial charge in [-0.1, -0.05) is 30.3 Å². The van der Waals surface area contributed by atoms with Crippen LogP contribution in [0.5, 0.6) is 0 Å². The van der Waals surface area contributed by atoms with Crippen molar-refractivity contribution < 1.29 is 0 Å². The minimum atomic E-state index is 1.01. The number of fused-ring (bicyclic) bond motifs is 1. The number of aryl methyl sites for hydroxylation is 1. The molecular formula is C14H17N. The van der Waals surface area contributed by atoms with Crippen LogP contribution in [-0.4, -0.2) is 19.0 Å². The largest absolute Gasteiger partial charge is 0.305 e. The third kappa shape index (κ3) is 2.18. The van der Waals surface area contributed by atoms with Gasteiger partial charge < -0.3 is 4.90 Å². The van der Waals surface area contributed by atoms with Gasteiger partial charge in [-0.2, -0.15) is 0 Å². The molecule has 0 spiro atoms. The van der Waals surface area contributed by atoms with E-state index in [0.29, 0.717) is 0 Å². The highest BCUT2D eigenvalue weighted by atomic mass is 15.0. The van der Waals surface area contributed by atoms with E-state index in [0.717, 1.165) is 6.54 Å². The molecule has 0 atom stereocenters. The van der Waals surface area contributed by atoms with Crippen LogP contribution in [0.15, 0.2) is 36.4 Å². The number of hydrogen-bond acceptors (Lipinski definition) is 1. The standard InChI is InChI=1S/C14H17N/c1-11-8-12(10-15(2)3)9-13-6-4-5-7-14(11)13/h4-9H,10H2,1-3H3. The van der Waals surface area contributed by atoms with Crippen LogP contribution in [0.25, 0.3) is 10.8 Å². The van der Waals surface area contributed by atoms with Crippen molar-refractivity contribution in [2.75, 3.05) is 14.1 Å². The number of rotatable bonds is 2. The van der Waals surface area contributed by atoms with Gasteiger partial charge in [0.05, 0.1) is 0 Å². The zero-order valence-corrected chi connectivity index (χ0v) is 9.62. The van der Waals surface area contributed by atoms with E-state index in [2.05, 4.69) is 62.3 Å². The quantitative estimate of drug-likeness (QED) is 0.718. The molecule has 0 fully saturated rings. The lowest BCUT2D eigenvalue weighted by molar-refractivity contribution is 0.402. The van der Waals surface area contributed by atoms with Crippen LogP contribution in [0.2, 0.25) is 0 Å². The first-order valence-corrected chi connectivity index (χ1v) is 5.30. The van der Waals surface area contributed by atoms with Gasteiger partial charge in [-0.05, 0) is 49.0 Å².